The minimum Gasteiger partial charge on any atom is -0.306 e. The van der Waals surface area contributed by atoms with E-state index in [1.165, 1.54) is 12.1 Å². The maximum atomic E-state index is 12.8. The molecular weight excluding hydrogens is 239 g/mol. The molecule has 1 N–H and O–H groups in total. The van der Waals surface area contributed by atoms with E-state index < -0.39 is 0 Å². The molecule has 3 heteroatoms. The Labute approximate surface area is 112 Å². The van der Waals surface area contributed by atoms with E-state index in [0.717, 1.165) is 11.1 Å². The molecule has 2 aromatic carbocycles. The lowest BCUT2D eigenvalue weighted by Crippen LogP contribution is -2.18. The monoisotopic (exact) mass is 254 g/mol. The number of halogens is 1. The minimum absolute atomic E-state index is 0.137. The number of rotatable bonds is 4. The van der Waals surface area contributed by atoms with Crippen LogP contribution >= 0.6 is 0 Å². The van der Waals surface area contributed by atoms with Gasteiger partial charge >= 0.3 is 0 Å². The van der Waals surface area contributed by atoms with Gasteiger partial charge in [0.05, 0.1) is 11.6 Å². The average molecular weight is 254 g/mol. The van der Waals surface area contributed by atoms with E-state index in [9.17, 15) is 4.39 Å². The Bertz CT molecular complexity index is 584. The molecule has 2 rings (SSSR count). The molecule has 0 aliphatic heterocycles. The van der Waals surface area contributed by atoms with Gasteiger partial charge in [0, 0.05) is 12.6 Å². The highest BCUT2D eigenvalue weighted by Crippen LogP contribution is 2.14. The van der Waals surface area contributed by atoms with Gasteiger partial charge in [-0.2, -0.15) is 5.26 Å². The van der Waals surface area contributed by atoms with Crippen LogP contribution in [0, 0.1) is 17.1 Å². The molecule has 0 saturated heterocycles. The van der Waals surface area contributed by atoms with Crippen LogP contribution in [0.15, 0.2) is 48.5 Å². The summed E-state index contributed by atoms with van der Waals surface area (Å²) in [4.78, 5) is 0. The first-order chi connectivity index (χ1) is 9.19. The van der Waals surface area contributed by atoms with Gasteiger partial charge in [-0.15, -0.1) is 0 Å². The Hall–Kier alpha value is -2.18. The predicted octanol–water partition coefficient (Wildman–Crippen LogP) is 3.55. The smallest absolute Gasteiger partial charge is 0.123 e. The first-order valence-electron chi connectivity index (χ1n) is 6.17. The number of nitriles is 1. The van der Waals surface area contributed by atoms with Crippen molar-refractivity contribution >= 4 is 0 Å². The zero-order valence-corrected chi connectivity index (χ0v) is 10.7. The standard InChI is InChI=1S/C16H15FN2/c1-12(15-4-2-3-14(9-15)10-18)19-11-13-5-7-16(17)8-6-13/h2-9,12,19H,11H2,1H3. The molecule has 0 aliphatic carbocycles. The van der Waals surface area contributed by atoms with Gasteiger partial charge in [0.15, 0.2) is 0 Å². The molecule has 1 unspecified atom stereocenters. The number of hydrogen-bond acceptors (Lipinski definition) is 2. The molecule has 19 heavy (non-hydrogen) atoms. The third kappa shape index (κ3) is 3.64. The van der Waals surface area contributed by atoms with Crippen molar-refractivity contribution < 1.29 is 4.39 Å². The van der Waals surface area contributed by atoms with Crippen molar-refractivity contribution in [2.75, 3.05) is 0 Å². The van der Waals surface area contributed by atoms with Crippen LogP contribution in [-0.2, 0) is 6.54 Å². The highest BCUT2D eigenvalue weighted by molar-refractivity contribution is 5.34. The highest BCUT2D eigenvalue weighted by atomic mass is 19.1. The van der Waals surface area contributed by atoms with Crippen molar-refractivity contribution in [3.63, 3.8) is 0 Å². The summed E-state index contributed by atoms with van der Waals surface area (Å²) in [6, 6.07) is 16.2. The molecular formula is C16H15FN2. The zero-order chi connectivity index (χ0) is 13.7. The van der Waals surface area contributed by atoms with E-state index >= 15 is 0 Å². The summed E-state index contributed by atoms with van der Waals surface area (Å²) in [5.41, 5.74) is 2.76. The Morgan fingerprint density at radius 3 is 2.63 bits per heavy atom. The quantitative estimate of drug-likeness (QED) is 0.905. The summed E-state index contributed by atoms with van der Waals surface area (Å²) in [6.45, 7) is 2.71. The van der Waals surface area contributed by atoms with Crippen molar-refractivity contribution in [2.24, 2.45) is 0 Å². The van der Waals surface area contributed by atoms with E-state index in [4.69, 9.17) is 5.26 Å². The molecule has 2 aromatic rings. The van der Waals surface area contributed by atoms with Gasteiger partial charge in [-0.25, -0.2) is 4.39 Å². The fraction of sp³-hybridized carbons (Fsp3) is 0.188. The normalized spacial score (nSPS) is 11.8. The summed E-state index contributed by atoms with van der Waals surface area (Å²) >= 11 is 0. The Morgan fingerprint density at radius 2 is 1.95 bits per heavy atom. The number of nitrogens with zero attached hydrogens (tertiary/aromatic N) is 1. The minimum atomic E-state index is -0.224. The zero-order valence-electron chi connectivity index (χ0n) is 10.7. The average Bonchev–Trinajstić information content (AvgIpc) is 2.46. The fourth-order valence-corrected chi connectivity index (χ4v) is 1.87. The van der Waals surface area contributed by atoms with Crippen LogP contribution in [0.4, 0.5) is 4.39 Å². The van der Waals surface area contributed by atoms with Crippen molar-refractivity contribution in [3.8, 4) is 6.07 Å². The van der Waals surface area contributed by atoms with E-state index in [1.807, 2.05) is 25.1 Å². The van der Waals surface area contributed by atoms with E-state index in [2.05, 4.69) is 11.4 Å². The lowest BCUT2D eigenvalue weighted by molar-refractivity contribution is 0.572. The second kappa shape index (κ2) is 6.12. The Morgan fingerprint density at radius 1 is 1.21 bits per heavy atom. The predicted molar refractivity (Wildman–Crippen MR) is 72.8 cm³/mol. The molecule has 0 saturated carbocycles. The van der Waals surface area contributed by atoms with Gasteiger partial charge in [0.1, 0.15) is 5.82 Å². The van der Waals surface area contributed by atoms with Crippen molar-refractivity contribution in [3.05, 3.63) is 71.0 Å². The van der Waals surface area contributed by atoms with Crippen molar-refractivity contribution in [1.29, 1.82) is 5.26 Å². The SMILES string of the molecule is CC(NCc1ccc(F)cc1)c1cccc(C#N)c1. The maximum Gasteiger partial charge on any atom is 0.123 e. The lowest BCUT2D eigenvalue weighted by atomic mass is 10.1. The molecule has 1 atom stereocenters. The molecule has 0 spiro atoms. The van der Waals surface area contributed by atoms with E-state index in [1.54, 1.807) is 18.2 Å². The summed E-state index contributed by atoms with van der Waals surface area (Å²) in [5, 5.41) is 12.2. The van der Waals surface area contributed by atoms with Gasteiger partial charge < -0.3 is 5.32 Å². The fourth-order valence-electron chi connectivity index (χ4n) is 1.87. The van der Waals surface area contributed by atoms with Crippen LogP contribution in [0.2, 0.25) is 0 Å². The second-order valence-corrected chi connectivity index (χ2v) is 4.47. The molecule has 0 bridgehead atoms. The molecule has 0 amide bonds. The van der Waals surface area contributed by atoms with E-state index in [0.29, 0.717) is 12.1 Å². The van der Waals surface area contributed by atoms with Crippen LogP contribution in [-0.4, -0.2) is 0 Å². The molecule has 0 aliphatic rings. The molecule has 0 heterocycles. The highest BCUT2D eigenvalue weighted by Gasteiger charge is 2.05. The Balaban J connectivity index is 1.99. The van der Waals surface area contributed by atoms with Gasteiger partial charge in [0.2, 0.25) is 0 Å². The number of hydrogen-bond donors (Lipinski definition) is 1. The largest absolute Gasteiger partial charge is 0.306 e. The van der Waals surface area contributed by atoms with Gasteiger partial charge in [0.25, 0.3) is 0 Å². The van der Waals surface area contributed by atoms with Gasteiger partial charge in [-0.1, -0.05) is 24.3 Å². The van der Waals surface area contributed by atoms with E-state index in [-0.39, 0.29) is 11.9 Å². The first kappa shape index (κ1) is 13.3. The molecule has 0 aromatic heterocycles. The van der Waals surface area contributed by atoms with Crippen molar-refractivity contribution in [1.82, 2.24) is 5.32 Å². The second-order valence-electron chi connectivity index (χ2n) is 4.47. The topological polar surface area (TPSA) is 35.8 Å². The third-order valence-electron chi connectivity index (χ3n) is 3.04. The van der Waals surface area contributed by atoms with Crippen molar-refractivity contribution in [2.45, 2.75) is 19.5 Å². The van der Waals surface area contributed by atoms with Gasteiger partial charge in [-0.3, -0.25) is 0 Å². The number of benzene rings is 2. The molecule has 96 valence electrons. The Kier molecular flexibility index (Phi) is 4.27. The van der Waals surface area contributed by atoms with Crippen LogP contribution < -0.4 is 5.32 Å². The maximum absolute atomic E-state index is 12.8. The van der Waals surface area contributed by atoms with Gasteiger partial charge in [-0.05, 0) is 42.3 Å². The third-order valence-corrected chi connectivity index (χ3v) is 3.04. The van der Waals surface area contributed by atoms with Crippen LogP contribution in [0.5, 0.6) is 0 Å². The van der Waals surface area contributed by atoms with Crippen LogP contribution in [0.25, 0.3) is 0 Å². The first-order valence-corrected chi connectivity index (χ1v) is 6.17. The summed E-state index contributed by atoms with van der Waals surface area (Å²) in [7, 11) is 0. The molecule has 0 fully saturated rings. The number of nitrogens with one attached hydrogen (secondary N) is 1. The van der Waals surface area contributed by atoms with Crippen LogP contribution in [0.3, 0.4) is 0 Å². The lowest BCUT2D eigenvalue weighted by Gasteiger charge is -2.14. The molecule has 2 nitrogen and oxygen atoms in total. The molecule has 0 radical (unpaired) electrons. The summed E-state index contributed by atoms with van der Waals surface area (Å²) in [5.74, 6) is -0.224. The summed E-state index contributed by atoms with van der Waals surface area (Å²) in [6.07, 6.45) is 0. The van der Waals surface area contributed by atoms with Crippen LogP contribution in [0.1, 0.15) is 29.7 Å². The summed E-state index contributed by atoms with van der Waals surface area (Å²) < 4.78 is 12.8.